The van der Waals surface area contributed by atoms with Crippen LogP contribution in [0.3, 0.4) is 0 Å². The van der Waals surface area contributed by atoms with Crippen LogP contribution in [0.15, 0.2) is 42.5 Å². The van der Waals surface area contributed by atoms with Gasteiger partial charge in [-0.25, -0.2) is 4.90 Å². The van der Waals surface area contributed by atoms with Gasteiger partial charge in [0.05, 0.1) is 35.7 Å². The molecule has 3 aliphatic rings. The Kier molecular flexibility index (Phi) is 7.64. The molecule has 2 aromatic carbocycles. The largest absolute Gasteiger partial charge is 0.492 e. The highest BCUT2D eigenvalue weighted by Crippen LogP contribution is 2.45. The minimum Gasteiger partial charge on any atom is -0.492 e. The van der Waals surface area contributed by atoms with Crippen molar-refractivity contribution in [1.82, 2.24) is 0 Å². The molecule has 1 saturated carbocycles. The molecular formula is C28H28Br2N2O6. The van der Waals surface area contributed by atoms with Crippen molar-refractivity contribution in [2.75, 3.05) is 23.0 Å². The molecule has 0 aromatic heterocycles. The number of fused-ring (bicyclic) bond motifs is 1. The van der Waals surface area contributed by atoms with Gasteiger partial charge in [-0.05, 0) is 62.6 Å². The Morgan fingerprint density at radius 1 is 0.974 bits per heavy atom. The number of aryl methyl sites for hydroxylation is 1. The normalized spacial score (nSPS) is 27.1. The highest BCUT2D eigenvalue weighted by molar-refractivity contribution is 9.12. The monoisotopic (exact) mass is 646 g/mol. The molecule has 3 amide bonds. The number of benzene rings is 2. The van der Waals surface area contributed by atoms with Gasteiger partial charge in [0.15, 0.2) is 0 Å². The minimum atomic E-state index is -0.628. The van der Waals surface area contributed by atoms with Crippen LogP contribution in [0.25, 0.3) is 0 Å². The molecule has 2 aliphatic heterocycles. The van der Waals surface area contributed by atoms with Crippen LogP contribution in [-0.4, -0.2) is 46.5 Å². The van der Waals surface area contributed by atoms with E-state index in [1.807, 2.05) is 19.1 Å². The molecule has 8 nitrogen and oxygen atoms in total. The van der Waals surface area contributed by atoms with Crippen LogP contribution in [0, 0.1) is 24.7 Å². The second-order valence-electron chi connectivity index (χ2n) is 9.90. The van der Waals surface area contributed by atoms with Crippen LogP contribution in [0.4, 0.5) is 11.4 Å². The third-order valence-corrected chi connectivity index (χ3v) is 10.2. The van der Waals surface area contributed by atoms with Crippen molar-refractivity contribution in [2.45, 2.75) is 42.8 Å². The molecule has 0 N–H and O–H groups in total. The molecule has 5 rings (SSSR count). The summed E-state index contributed by atoms with van der Waals surface area (Å²) in [5, 5.41) is 0. The van der Waals surface area contributed by atoms with Crippen molar-refractivity contribution < 1.29 is 28.7 Å². The maximum atomic E-state index is 13.2. The van der Waals surface area contributed by atoms with Gasteiger partial charge in [0.2, 0.25) is 17.7 Å². The van der Waals surface area contributed by atoms with Crippen molar-refractivity contribution >= 4 is 66.9 Å². The van der Waals surface area contributed by atoms with Crippen LogP contribution in [0.5, 0.6) is 11.5 Å². The number of nitrogens with zero attached hydrogens (tertiary/aromatic N) is 2. The van der Waals surface area contributed by atoms with Crippen LogP contribution in [0.2, 0.25) is 0 Å². The number of carbonyl (C=O) groups excluding carboxylic acids is 4. The summed E-state index contributed by atoms with van der Waals surface area (Å²) >= 11 is 7.22. The number of halogens is 2. The average Bonchev–Trinajstić information content (AvgIpc) is 3.38. The van der Waals surface area contributed by atoms with E-state index in [1.165, 1.54) is 4.90 Å². The molecule has 5 atom stereocenters. The van der Waals surface area contributed by atoms with Crippen molar-refractivity contribution in [3.8, 4) is 11.5 Å². The maximum Gasteiger partial charge on any atom is 0.316 e. The standard InChI is InChI=1S/C28H28Br2N2O6/c1-3-37-24-7-5-4-6-23(24)31-14-16(11-25(31)33)28(36)38-17-8-9-22(15(2)10-17)32-26(34)18-12-20(29)21(30)13-19(18)27(32)35/h4-10,16,18-21H,3,11-14H2,1-2H3/t16-,18-,19-,20+,21+/m1/s1. The van der Waals surface area contributed by atoms with Gasteiger partial charge in [0.1, 0.15) is 11.5 Å². The lowest BCUT2D eigenvalue weighted by atomic mass is 9.81. The fourth-order valence-electron chi connectivity index (χ4n) is 5.53. The summed E-state index contributed by atoms with van der Waals surface area (Å²) < 4.78 is 11.3. The molecule has 200 valence electrons. The van der Waals surface area contributed by atoms with Gasteiger partial charge in [-0.15, -0.1) is 0 Å². The number of hydrogen-bond acceptors (Lipinski definition) is 6. The van der Waals surface area contributed by atoms with Crippen LogP contribution in [-0.2, 0) is 19.2 Å². The topological polar surface area (TPSA) is 93.2 Å². The number of rotatable bonds is 6. The first-order chi connectivity index (χ1) is 18.2. The number of para-hydroxylation sites is 2. The predicted octanol–water partition coefficient (Wildman–Crippen LogP) is 4.78. The second-order valence-corrected chi connectivity index (χ2v) is 12.3. The Labute approximate surface area is 237 Å². The molecule has 3 fully saturated rings. The van der Waals surface area contributed by atoms with Crippen molar-refractivity contribution in [3.05, 3.63) is 48.0 Å². The Morgan fingerprint density at radius 2 is 1.63 bits per heavy atom. The summed E-state index contributed by atoms with van der Waals surface area (Å²) in [7, 11) is 0. The highest BCUT2D eigenvalue weighted by Gasteiger charge is 2.52. The number of esters is 1. The zero-order valence-corrected chi connectivity index (χ0v) is 24.2. The molecule has 0 spiro atoms. The first-order valence-electron chi connectivity index (χ1n) is 12.7. The summed E-state index contributed by atoms with van der Waals surface area (Å²) in [6, 6.07) is 12.1. The first-order valence-corrected chi connectivity index (χ1v) is 14.5. The van der Waals surface area contributed by atoms with Crippen LogP contribution >= 0.6 is 31.9 Å². The van der Waals surface area contributed by atoms with E-state index in [0.29, 0.717) is 47.9 Å². The van der Waals surface area contributed by atoms with Crippen molar-refractivity contribution in [3.63, 3.8) is 0 Å². The van der Waals surface area contributed by atoms with Crippen molar-refractivity contribution in [2.24, 2.45) is 17.8 Å². The number of carbonyl (C=O) groups is 4. The molecule has 1 aliphatic carbocycles. The molecule has 38 heavy (non-hydrogen) atoms. The molecule has 0 radical (unpaired) electrons. The van der Waals surface area contributed by atoms with Gasteiger partial charge in [-0.1, -0.05) is 44.0 Å². The van der Waals surface area contributed by atoms with Gasteiger partial charge in [-0.2, -0.15) is 0 Å². The molecule has 0 bridgehead atoms. The fourth-order valence-corrected chi connectivity index (χ4v) is 6.77. The third-order valence-electron chi connectivity index (χ3n) is 7.45. The molecular weight excluding hydrogens is 620 g/mol. The van der Waals surface area contributed by atoms with Gasteiger partial charge < -0.3 is 14.4 Å². The van der Waals surface area contributed by atoms with E-state index in [-0.39, 0.29) is 52.2 Å². The quantitative estimate of drug-likeness (QED) is 0.194. The lowest BCUT2D eigenvalue weighted by molar-refractivity contribution is -0.139. The lowest BCUT2D eigenvalue weighted by Crippen LogP contribution is -2.34. The van der Waals surface area contributed by atoms with E-state index in [2.05, 4.69) is 31.9 Å². The lowest BCUT2D eigenvalue weighted by Gasteiger charge is -2.29. The zero-order chi connectivity index (χ0) is 27.1. The minimum absolute atomic E-state index is 0.0407. The molecule has 2 saturated heterocycles. The number of amides is 3. The van der Waals surface area contributed by atoms with Gasteiger partial charge >= 0.3 is 5.97 Å². The summed E-state index contributed by atoms with van der Waals surface area (Å²) in [5.41, 5.74) is 1.78. The first kappa shape index (κ1) is 26.9. The van der Waals surface area contributed by atoms with E-state index in [9.17, 15) is 19.2 Å². The summed E-state index contributed by atoms with van der Waals surface area (Å²) in [4.78, 5) is 55.2. The maximum absolute atomic E-state index is 13.2. The van der Waals surface area contributed by atoms with E-state index in [1.54, 1.807) is 42.2 Å². The molecule has 2 heterocycles. The third kappa shape index (κ3) is 4.88. The van der Waals surface area contributed by atoms with E-state index >= 15 is 0 Å². The smallest absolute Gasteiger partial charge is 0.316 e. The Bertz CT molecular complexity index is 1270. The van der Waals surface area contributed by atoms with Gasteiger partial charge in [-0.3, -0.25) is 19.2 Å². The number of imide groups is 1. The number of alkyl halides is 2. The van der Waals surface area contributed by atoms with Crippen LogP contribution < -0.4 is 19.3 Å². The average molecular weight is 648 g/mol. The summed E-state index contributed by atoms with van der Waals surface area (Å²) in [6.45, 7) is 4.31. The van der Waals surface area contributed by atoms with Crippen LogP contribution in [0.1, 0.15) is 31.7 Å². The number of anilines is 2. The predicted molar refractivity (Wildman–Crippen MR) is 149 cm³/mol. The van der Waals surface area contributed by atoms with E-state index < -0.39 is 11.9 Å². The Hall–Kier alpha value is -2.72. The Balaban J connectivity index is 1.28. The van der Waals surface area contributed by atoms with Crippen molar-refractivity contribution in [1.29, 1.82) is 0 Å². The molecule has 10 heteroatoms. The second kappa shape index (κ2) is 10.8. The summed E-state index contributed by atoms with van der Waals surface area (Å²) in [5.74, 6) is -1.47. The van der Waals surface area contributed by atoms with Gasteiger partial charge in [0.25, 0.3) is 0 Å². The molecule has 0 unspecified atom stereocenters. The summed E-state index contributed by atoms with van der Waals surface area (Å²) in [6.07, 6.45) is 1.24. The zero-order valence-electron chi connectivity index (χ0n) is 21.1. The number of hydrogen-bond donors (Lipinski definition) is 0. The van der Waals surface area contributed by atoms with Gasteiger partial charge in [0, 0.05) is 22.6 Å². The van der Waals surface area contributed by atoms with E-state index in [4.69, 9.17) is 9.47 Å². The van der Waals surface area contributed by atoms with E-state index in [0.717, 1.165) is 0 Å². The SMILES string of the molecule is CCOc1ccccc1N1C[C@H](C(=O)Oc2ccc(N3C(=O)[C@@H]4C[C@H](Br)[C@@H](Br)C[C@H]4C3=O)c(C)c2)CC1=O. The highest BCUT2D eigenvalue weighted by atomic mass is 79.9. The molecule has 2 aromatic rings. The Morgan fingerprint density at radius 3 is 2.26 bits per heavy atom. The fraction of sp³-hybridized carbons (Fsp3) is 0.429. The number of ether oxygens (including phenoxy) is 2.